The number of nitrogens with one attached hydrogen (secondary N) is 1. The summed E-state index contributed by atoms with van der Waals surface area (Å²) >= 11 is 0. The van der Waals surface area contributed by atoms with E-state index in [0.29, 0.717) is 24.3 Å². The molecule has 1 aliphatic rings. The van der Waals surface area contributed by atoms with Crippen molar-refractivity contribution < 1.29 is 19.4 Å². The molecule has 0 saturated carbocycles. The number of ketones is 1. The van der Waals surface area contributed by atoms with E-state index in [-0.39, 0.29) is 16.7 Å². The van der Waals surface area contributed by atoms with E-state index < -0.39 is 17.7 Å². The number of ether oxygens (including phenoxy) is 1. The molecule has 2 N–H and O–H groups in total. The number of aromatic nitrogens is 1. The third kappa shape index (κ3) is 4.58. The van der Waals surface area contributed by atoms with Crippen molar-refractivity contribution in [3.05, 3.63) is 107 Å². The Balaban J connectivity index is 1.56. The first kappa shape index (κ1) is 25.3. The molecule has 6 nitrogen and oxygen atoms in total. The zero-order chi connectivity index (χ0) is 27.0. The standard InChI is InChI=1S/C32H32N2O4/c1-32(2,3)23-13-9-20(10-14-23)28-27(29(35)21-11-15-24(38-4)16-12-21)30(36)31(37)34(28)18-17-22-19-33-26-8-6-5-7-25(22)26/h5-16,19,28,33,35H,17-18H2,1-4H3/b29-27+. The maximum atomic E-state index is 13.4. The minimum Gasteiger partial charge on any atom is -0.507 e. The predicted molar refractivity (Wildman–Crippen MR) is 149 cm³/mol. The molecule has 1 amide bonds. The second-order valence-electron chi connectivity index (χ2n) is 10.7. The van der Waals surface area contributed by atoms with Gasteiger partial charge in [0, 0.05) is 29.2 Å². The number of methoxy groups -OCH3 is 1. The van der Waals surface area contributed by atoms with E-state index in [2.05, 4.69) is 25.8 Å². The van der Waals surface area contributed by atoms with E-state index in [4.69, 9.17) is 4.74 Å². The lowest BCUT2D eigenvalue weighted by molar-refractivity contribution is -0.139. The van der Waals surface area contributed by atoms with Crippen LogP contribution in [0.1, 0.15) is 49.1 Å². The number of aromatic amines is 1. The summed E-state index contributed by atoms with van der Waals surface area (Å²) in [5.41, 5.74) is 4.54. The Morgan fingerprint density at radius 3 is 2.32 bits per heavy atom. The lowest BCUT2D eigenvalue weighted by Gasteiger charge is -2.26. The zero-order valence-corrected chi connectivity index (χ0v) is 22.1. The van der Waals surface area contributed by atoms with Gasteiger partial charge in [-0.15, -0.1) is 0 Å². The summed E-state index contributed by atoms with van der Waals surface area (Å²) < 4.78 is 5.23. The van der Waals surface area contributed by atoms with Crippen LogP contribution in [-0.2, 0) is 21.4 Å². The van der Waals surface area contributed by atoms with Gasteiger partial charge in [-0.1, -0.05) is 63.2 Å². The Bertz CT molecular complexity index is 1520. The number of hydrogen-bond donors (Lipinski definition) is 2. The van der Waals surface area contributed by atoms with Crippen LogP contribution in [0.4, 0.5) is 0 Å². The lowest BCUT2D eigenvalue weighted by Crippen LogP contribution is -2.31. The number of nitrogens with zero attached hydrogens (tertiary/aromatic N) is 1. The third-order valence-electron chi connectivity index (χ3n) is 7.29. The summed E-state index contributed by atoms with van der Waals surface area (Å²) in [6.07, 6.45) is 2.52. The maximum absolute atomic E-state index is 13.4. The highest BCUT2D eigenvalue weighted by Gasteiger charge is 2.46. The summed E-state index contributed by atoms with van der Waals surface area (Å²) in [6.45, 7) is 6.74. The van der Waals surface area contributed by atoms with Crippen LogP contribution >= 0.6 is 0 Å². The highest BCUT2D eigenvalue weighted by atomic mass is 16.5. The number of likely N-dealkylation sites (tertiary alicyclic amines) is 1. The maximum Gasteiger partial charge on any atom is 0.295 e. The van der Waals surface area contributed by atoms with Crippen LogP contribution in [0, 0.1) is 0 Å². The molecule has 1 aliphatic heterocycles. The Morgan fingerprint density at radius 2 is 1.66 bits per heavy atom. The molecule has 4 aromatic rings. The summed E-state index contributed by atoms with van der Waals surface area (Å²) in [6, 6.07) is 22.1. The van der Waals surface area contributed by atoms with Crippen molar-refractivity contribution in [3.63, 3.8) is 0 Å². The molecule has 1 atom stereocenters. The van der Waals surface area contributed by atoms with Gasteiger partial charge >= 0.3 is 0 Å². The molecule has 0 aliphatic carbocycles. The van der Waals surface area contributed by atoms with Gasteiger partial charge in [0.2, 0.25) is 0 Å². The summed E-state index contributed by atoms with van der Waals surface area (Å²) in [5.74, 6) is -0.840. The first-order chi connectivity index (χ1) is 18.2. The van der Waals surface area contributed by atoms with Crippen molar-refractivity contribution in [1.82, 2.24) is 9.88 Å². The Morgan fingerprint density at radius 1 is 0.974 bits per heavy atom. The number of hydrogen-bond acceptors (Lipinski definition) is 4. The molecule has 6 heteroatoms. The number of carbonyl (C=O) groups is 2. The van der Waals surface area contributed by atoms with Gasteiger partial charge in [0.1, 0.15) is 11.5 Å². The number of Topliss-reactive ketones (excluding diaryl/α,β-unsaturated/α-hetero) is 1. The van der Waals surface area contributed by atoms with Gasteiger partial charge in [-0.3, -0.25) is 9.59 Å². The molecule has 3 aromatic carbocycles. The molecule has 0 radical (unpaired) electrons. The summed E-state index contributed by atoms with van der Waals surface area (Å²) in [5, 5.41) is 12.4. The third-order valence-corrected chi connectivity index (χ3v) is 7.29. The Hall–Kier alpha value is -4.32. The largest absolute Gasteiger partial charge is 0.507 e. The number of benzene rings is 3. The van der Waals surface area contributed by atoms with Crippen LogP contribution in [0.3, 0.4) is 0 Å². The van der Waals surface area contributed by atoms with Crippen LogP contribution < -0.4 is 4.74 Å². The van der Waals surface area contributed by atoms with Gasteiger partial charge in [-0.2, -0.15) is 0 Å². The van der Waals surface area contributed by atoms with Crippen LogP contribution in [0.5, 0.6) is 5.75 Å². The van der Waals surface area contributed by atoms with Gasteiger partial charge < -0.3 is 19.7 Å². The number of amides is 1. The molecule has 1 saturated heterocycles. The average Bonchev–Trinajstić information content (AvgIpc) is 3.45. The molecule has 1 aromatic heterocycles. The molecular weight excluding hydrogens is 476 g/mol. The lowest BCUT2D eigenvalue weighted by atomic mass is 9.85. The van der Waals surface area contributed by atoms with E-state index in [0.717, 1.165) is 27.6 Å². The number of aliphatic hydroxyl groups excluding tert-OH is 1. The number of aliphatic hydroxyl groups is 1. The molecular formula is C32H32N2O4. The molecule has 2 heterocycles. The van der Waals surface area contributed by atoms with Crippen molar-refractivity contribution in [2.24, 2.45) is 0 Å². The van der Waals surface area contributed by atoms with E-state index in [1.54, 1.807) is 36.3 Å². The molecule has 0 spiro atoms. The molecule has 1 fully saturated rings. The monoisotopic (exact) mass is 508 g/mol. The molecule has 5 rings (SSSR count). The van der Waals surface area contributed by atoms with Crippen molar-refractivity contribution in [2.45, 2.75) is 38.6 Å². The van der Waals surface area contributed by atoms with E-state index in [9.17, 15) is 14.7 Å². The quantitative estimate of drug-likeness (QED) is 0.186. The number of rotatable bonds is 6. The van der Waals surface area contributed by atoms with Crippen molar-refractivity contribution >= 4 is 28.4 Å². The number of H-pyrrole nitrogens is 1. The fourth-order valence-corrected chi connectivity index (χ4v) is 5.11. The van der Waals surface area contributed by atoms with Gasteiger partial charge in [0.05, 0.1) is 18.7 Å². The Labute approximate surface area is 222 Å². The minimum atomic E-state index is -0.698. The first-order valence-corrected chi connectivity index (χ1v) is 12.8. The van der Waals surface area contributed by atoms with Gasteiger partial charge in [0.25, 0.3) is 11.7 Å². The van der Waals surface area contributed by atoms with Crippen molar-refractivity contribution in [1.29, 1.82) is 0 Å². The topological polar surface area (TPSA) is 82.6 Å². The Kier molecular flexibility index (Phi) is 6.57. The second kappa shape index (κ2) is 9.86. The number of carbonyl (C=O) groups excluding carboxylic acids is 2. The smallest absolute Gasteiger partial charge is 0.295 e. The van der Waals surface area contributed by atoms with Gasteiger partial charge in [0.15, 0.2) is 0 Å². The molecule has 0 bridgehead atoms. The van der Waals surface area contributed by atoms with Crippen LogP contribution in [-0.4, -0.2) is 40.3 Å². The average molecular weight is 509 g/mol. The van der Waals surface area contributed by atoms with Crippen molar-refractivity contribution in [2.75, 3.05) is 13.7 Å². The van der Waals surface area contributed by atoms with Crippen LogP contribution in [0.25, 0.3) is 16.7 Å². The molecule has 38 heavy (non-hydrogen) atoms. The fraction of sp³-hybridized carbons (Fsp3) is 0.250. The summed E-state index contributed by atoms with van der Waals surface area (Å²) in [4.78, 5) is 31.6. The SMILES string of the molecule is COc1ccc(/C(O)=C2\C(=O)C(=O)N(CCc3c[nH]c4ccccc34)C2c2ccc(C(C)(C)C)cc2)cc1. The normalized spacial score (nSPS) is 17.4. The first-order valence-electron chi connectivity index (χ1n) is 12.8. The van der Waals surface area contributed by atoms with Crippen LogP contribution in [0.2, 0.25) is 0 Å². The summed E-state index contributed by atoms with van der Waals surface area (Å²) in [7, 11) is 1.56. The van der Waals surface area contributed by atoms with E-state index >= 15 is 0 Å². The van der Waals surface area contributed by atoms with E-state index in [1.165, 1.54) is 0 Å². The molecule has 194 valence electrons. The fourth-order valence-electron chi connectivity index (χ4n) is 5.11. The molecule has 1 unspecified atom stereocenters. The number of fused-ring (bicyclic) bond motifs is 1. The van der Waals surface area contributed by atoms with Crippen molar-refractivity contribution in [3.8, 4) is 5.75 Å². The van der Waals surface area contributed by atoms with E-state index in [1.807, 2.05) is 54.7 Å². The second-order valence-corrected chi connectivity index (χ2v) is 10.7. The zero-order valence-electron chi connectivity index (χ0n) is 22.1. The number of para-hydroxylation sites is 1. The van der Waals surface area contributed by atoms with Gasteiger partial charge in [-0.25, -0.2) is 0 Å². The minimum absolute atomic E-state index is 0.0429. The highest BCUT2D eigenvalue weighted by molar-refractivity contribution is 6.46. The highest BCUT2D eigenvalue weighted by Crippen LogP contribution is 2.40. The van der Waals surface area contributed by atoms with Gasteiger partial charge in [-0.05, 0) is 58.9 Å². The van der Waals surface area contributed by atoms with Crippen LogP contribution in [0.15, 0.2) is 84.6 Å². The predicted octanol–water partition coefficient (Wildman–Crippen LogP) is 6.14.